The zero-order chi connectivity index (χ0) is 18.1. The van der Waals surface area contributed by atoms with Gasteiger partial charge in [0.25, 0.3) is 5.91 Å². The van der Waals surface area contributed by atoms with Crippen LogP contribution in [0.25, 0.3) is 0 Å². The van der Waals surface area contributed by atoms with Crippen molar-refractivity contribution in [3.63, 3.8) is 0 Å². The number of fused-ring (bicyclic) bond motifs is 5. The normalized spacial score (nSPS) is 25.2. The number of pyridine rings is 1. The van der Waals surface area contributed by atoms with Gasteiger partial charge < -0.3 is 14.5 Å². The third-order valence-corrected chi connectivity index (χ3v) is 6.03. The number of ether oxygens (including phenoxy) is 1. The Kier molecular flexibility index (Phi) is 4.94. The highest BCUT2D eigenvalue weighted by atomic mass is 16.5. The molecule has 2 amide bonds. The maximum absolute atomic E-state index is 13.1. The molecular weight excluding hydrogens is 330 g/mol. The molecule has 26 heavy (non-hydrogen) atoms. The van der Waals surface area contributed by atoms with E-state index in [2.05, 4.69) is 4.98 Å². The van der Waals surface area contributed by atoms with Gasteiger partial charge in [-0.3, -0.25) is 14.6 Å². The van der Waals surface area contributed by atoms with Crippen molar-refractivity contribution in [1.29, 1.82) is 0 Å². The van der Waals surface area contributed by atoms with Crippen LogP contribution in [0.5, 0.6) is 0 Å². The standard InChI is InChI=1S/C20H27N3O3/c1-26-9-8-23-17-7-6-15(20(23)25)12-22(13-17)19(24)16-10-14-4-2-3-5-18(14)21-11-16/h10-11,15,17H,2-9,12-13H2,1H3/t15-,17+/m1/s1. The van der Waals surface area contributed by atoms with Gasteiger partial charge in [0.1, 0.15) is 0 Å². The van der Waals surface area contributed by atoms with Crippen molar-refractivity contribution in [1.82, 2.24) is 14.8 Å². The molecule has 4 aliphatic rings. The number of methoxy groups -OCH3 is 1. The molecule has 0 N–H and O–H groups in total. The van der Waals surface area contributed by atoms with Crippen molar-refractivity contribution < 1.29 is 14.3 Å². The Morgan fingerprint density at radius 1 is 1.27 bits per heavy atom. The quantitative estimate of drug-likeness (QED) is 0.822. The summed E-state index contributed by atoms with van der Waals surface area (Å²) in [5, 5.41) is 0. The SMILES string of the molecule is COCCN1C(=O)[C@@H]2CC[C@H]1CN(C(=O)c1cnc3c(c1)CCCC3)C2. The Morgan fingerprint density at radius 3 is 2.96 bits per heavy atom. The summed E-state index contributed by atoms with van der Waals surface area (Å²) in [5.74, 6) is 0.112. The zero-order valence-electron chi connectivity index (χ0n) is 15.4. The molecule has 6 heteroatoms. The van der Waals surface area contributed by atoms with Crippen molar-refractivity contribution in [2.45, 2.75) is 44.6 Å². The number of carbonyl (C=O) groups is 2. The number of aromatic nitrogens is 1. The summed E-state index contributed by atoms with van der Waals surface area (Å²) in [5.41, 5.74) is 3.03. The Bertz CT molecular complexity index is 706. The molecule has 2 bridgehead atoms. The summed E-state index contributed by atoms with van der Waals surface area (Å²) in [7, 11) is 1.65. The fourth-order valence-electron chi connectivity index (χ4n) is 4.58. The van der Waals surface area contributed by atoms with Gasteiger partial charge >= 0.3 is 0 Å². The summed E-state index contributed by atoms with van der Waals surface area (Å²) < 4.78 is 5.16. The first-order chi connectivity index (χ1) is 12.7. The Hall–Kier alpha value is -1.95. The predicted molar refractivity (Wildman–Crippen MR) is 96.9 cm³/mol. The largest absolute Gasteiger partial charge is 0.383 e. The van der Waals surface area contributed by atoms with Gasteiger partial charge in [-0.05, 0) is 50.2 Å². The second kappa shape index (κ2) is 7.35. The van der Waals surface area contributed by atoms with Crippen LogP contribution in [0.3, 0.4) is 0 Å². The van der Waals surface area contributed by atoms with Gasteiger partial charge in [0.2, 0.25) is 5.91 Å². The number of nitrogens with zero attached hydrogens (tertiary/aromatic N) is 3. The highest BCUT2D eigenvalue weighted by Gasteiger charge is 2.41. The van der Waals surface area contributed by atoms with Crippen molar-refractivity contribution in [2.75, 3.05) is 33.4 Å². The van der Waals surface area contributed by atoms with Crippen LogP contribution in [-0.2, 0) is 22.4 Å². The molecule has 4 heterocycles. The average molecular weight is 357 g/mol. The Balaban J connectivity index is 1.53. The van der Waals surface area contributed by atoms with Gasteiger partial charge in [-0.15, -0.1) is 0 Å². The predicted octanol–water partition coefficient (Wildman–Crippen LogP) is 1.67. The topological polar surface area (TPSA) is 62.7 Å². The summed E-state index contributed by atoms with van der Waals surface area (Å²) in [6, 6.07) is 2.13. The van der Waals surface area contributed by atoms with Crippen LogP contribution in [0.1, 0.15) is 47.3 Å². The molecule has 140 valence electrons. The lowest BCUT2D eigenvalue weighted by molar-refractivity contribution is -0.140. The number of rotatable bonds is 4. The van der Waals surface area contributed by atoms with E-state index < -0.39 is 0 Å². The van der Waals surface area contributed by atoms with Crippen LogP contribution in [-0.4, -0.2) is 66.0 Å². The van der Waals surface area contributed by atoms with Crippen molar-refractivity contribution >= 4 is 11.8 Å². The fourth-order valence-corrected chi connectivity index (χ4v) is 4.58. The van der Waals surface area contributed by atoms with Crippen LogP contribution >= 0.6 is 0 Å². The molecule has 3 saturated heterocycles. The molecule has 1 aliphatic carbocycles. The third-order valence-electron chi connectivity index (χ3n) is 6.03. The summed E-state index contributed by atoms with van der Waals surface area (Å²) in [4.78, 5) is 34.2. The number of amides is 2. The molecule has 3 aliphatic heterocycles. The second-order valence-corrected chi connectivity index (χ2v) is 7.70. The lowest BCUT2D eigenvalue weighted by atomic mass is 9.94. The minimum absolute atomic E-state index is 0.0177. The average Bonchev–Trinajstić information content (AvgIpc) is 2.97. The molecule has 0 saturated carbocycles. The molecule has 2 atom stereocenters. The minimum atomic E-state index is -0.0832. The first-order valence-corrected chi connectivity index (χ1v) is 9.74. The number of hydrogen-bond donors (Lipinski definition) is 0. The van der Waals surface area contributed by atoms with Crippen LogP contribution in [0, 0.1) is 5.92 Å². The highest BCUT2D eigenvalue weighted by molar-refractivity contribution is 5.95. The van der Waals surface area contributed by atoms with Crippen molar-refractivity contribution in [3.8, 4) is 0 Å². The van der Waals surface area contributed by atoms with Gasteiger partial charge in [0.05, 0.1) is 18.1 Å². The first-order valence-electron chi connectivity index (χ1n) is 9.74. The van der Waals surface area contributed by atoms with E-state index in [-0.39, 0.29) is 23.8 Å². The van der Waals surface area contributed by atoms with Gasteiger partial charge in [-0.2, -0.15) is 0 Å². The van der Waals surface area contributed by atoms with Crippen LogP contribution in [0.4, 0.5) is 0 Å². The van der Waals surface area contributed by atoms with Gasteiger partial charge in [-0.1, -0.05) is 0 Å². The monoisotopic (exact) mass is 357 g/mol. The maximum Gasteiger partial charge on any atom is 0.255 e. The first kappa shape index (κ1) is 17.5. The summed E-state index contributed by atoms with van der Waals surface area (Å²) in [6.07, 6.45) is 7.94. The Morgan fingerprint density at radius 2 is 2.12 bits per heavy atom. The van der Waals surface area contributed by atoms with Crippen LogP contribution < -0.4 is 0 Å². The van der Waals surface area contributed by atoms with Crippen LogP contribution in [0.15, 0.2) is 12.3 Å². The van der Waals surface area contributed by atoms with Gasteiger partial charge in [0, 0.05) is 44.7 Å². The molecular formula is C20H27N3O3. The smallest absolute Gasteiger partial charge is 0.255 e. The van der Waals surface area contributed by atoms with E-state index in [9.17, 15) is 9.59 Å². The molecule has 0 spiro atoms. The molecule has 0 unspecified atom stereocenters. The lowest BCUT2D eigenvalue weighted by Crippen LogP contribution is -2.49. The minimum Gasteiger partial charge on any atom is -0.383 e. The second-order valence-electron chi connectivity index (χ2n) is 7.70. The zero-order valence-corrected chi connectivity index (χ0v) is 15.4. The maximum atomic E-state index is 13.1. The van der Waals surface area contributed by atoms with Crippen LogP contribution in [0.2, 0.25) is 0 Å². The highest BCUT2D eigenvalue weighted by Crippen LogP contribution is 2.30. The van der Waals surface area contributed by atoms with E-state index in [1.54, 1.807) is 13.3 Å². The third kappa shape index (κ3) is 3.22. The van der Waals surface area contributed by atoms with Gasteiger partial charge in [0.15, 0.2) is 0 Å². The van der Waals surface area contributed by atoms with E-state index in [1.165, 1.54) is 18.4 Å². The number of hydrogen-bond acceptors (Lipinski definition) is 4. The molecule has 1 aromatic rings. The number of aryl methyl sites for hydroxylation is 2. The molecule has 5 rings (SSSR count). The van der Waals surface area contributed by atoms with Crippen molar-refractivity contribution in [3.05, 3.63) is 29.1 Å². The van der Waals surface area contributed by atoms with Gasteiger partial charge in [-0.25, -0.2) is 0 Å². The molecule has 1 aromatic heterocycles. The summed E-state index contributed by atoms with van der Waals surface area (Å²) >= 11 is 0. The molecule has 6 nitrogen and oxygen atoms in total. The van der Waals surface area contributed by atoms with E-state index in [4.69, 9.17) is 4.74 Å². The molecule has 0 radical (unpaired) electrons. The lowest BCUT2D eigenvalue weighted by Gasteiger charge is -2.35. The van der Waals surface area contributed by atoms with E-state index >= 15 is 0 Å². The number of piperidine rings is 1. The fraction of sp³-hybridized carbons (Fsp3) is 0.650. The van der Waals surface area contributed by atoms with Crippen molar-refractivity contribution in [2.24, 2.45) is 5.92 Å². The molecule has 3 fully saturated rings. The van der Waals surface area contributed by atoms with E-state index in [1.807, 2.05) is 15.9 Å². The summed E-state index contributed by atoms with van der Waals surface area (Å²) in [6.45, 7) is 2.28. The Labute approximate surface area is 154 Å². The van der Waals surface area contributed by atoms with E-state index in [0.717, 1.165) is 31.4 Å². The van der Waals surface area contributed by atoms with E-state index in [0.29, 0.717) is 31.8 Å². The molecule has 0 aromatic carbocycles. The number of carbonyl (C=O) groups excluding carboxylic acids is 2.